The van der Waals surface area contributed by atoms with Gasteiger partial charge in [-0.25, -0.2) is 0 Å². The first kappa shape index (κ1) is 9.53. The number of aryl methyl sites for hydroxylation is 2. The number of hydrogen-bond donors (Lipinski definition) is 1. The maximum atomic E-state index is 5.34. The van der Waals surface area contributed by atoms with E-state index in [9.17, 15) is 0 Å². The highest BCUT2D eigenvalue weighted by Gasteiger charge is 2.19. The van der Waals surface area contributed by atoms with E-state index in [1.54, 1.807) is 7.11 Å². The van der Waals surface area contributed by atoms with Crippen LogP contribution in [0.15, 0.2) is 12.1 Å². The van der Waals surface area contributed by atoms with E-state index in [4.69, 9.17) is 4.74 Å². The zero-order chi connectivity index (χ0) is 10.1. The fourth-order valence-electron chi connectivity index (χ4n) is 2.08. The lowest BCUT2D eigenvalue weighted by atomic mass is 9.94. The minimum Gasteiger partial charge on any atom is -0.496 e. The highest BCUT2D eigenvalue weighted by molar-refractivity contribution is 5.44. The third-order valence-corrected chi connectivity index (χ3v) is 2.91. The van der Waals surface area contributed by atoms with Gasteiger partial charge in [-0.05, 0) is 43.5 Å². The van der Waals surface area contributed by atoms with Gasteiger partial charge in [-0.2, -0.15) is 0 Å². The molecule has 14 heavy (non-hydrogen) atoms. The molecule has 1 aliphatic rings. The highest BCUT2D eigenvalue weighted by Crippen LogP contribution is 2.30. The first-order valence-electron chi connectivity index (χ1n) is 5.11. The van der Waals surface area contributed by atoms with Gasteiger partial charge in [0.15, 0.2) is 0 Å². The third-order valence-electron chi connectivity index (χ3n) is 2.91. The lowest BCUT2D eigenvalue weighted by molar-refractivity contribution is 0.380. The Morgan fingerprint density at radius 3 is 2.21 bits per heavy atom. The first-order chi connectivity index (χ1) is 6.72. The molecule has 2 rings (SSSR count). The summed E-state index contributed by atoms with van der Waals surface area (Å²) in [6, 6.07) is 5.02. The van der Waals surface area contributed by atoms with Crippen molar-refractivity contribution in [2.24, 2.45) is 0 Å². The zero-order valence-corrected chi connectivity index (χ0v) is 9.05. The second-order valence-corrected chi connectivity index (χ2v) is 3.98. The van der Waals surface area contributed by atoms with Crippen LogP contribution in [0.1, 0.15) is 29.2 Å². The molecular formula is C12H17NO. The molecule has 1 aliphatic heterocycles. The number of methoxy groups -OCH3 is 1. The molecule has 0 bridgehead atoms. The predicted molar refractivity (Wildman–Crippen MR) is 57.8 cm³/mol. The normalized spacial score (nSPS) is 20.4. The van der Waals surface area contributed by atoms with E-state index < -0.39 is 0 Å². The Balaban J connectivity index is 2.35. The van der Waals surface area contributed by atoms with Crippen molar-refractivity contribution in [3.63, 3.8) is 0 Å². The van der Waals surface area contributed by atoms with E-state index in [0.29, 0.717) is 6.04 Å². The van der Waals surface area contributed by atoms with Crippen molar-refractivity contribution < 1.29 is 4.74 Å². The molecule has 1 saturated heterocycles. The smallest absolute Gasteiger partial charge is 0.124 e. The first-order valence-corrected chi connectivity index (χ1v) is 5.11. The van der Waals surface area contributed by atoms with Gasteiger partial charge >= 0.3 is 0 Å². The summed E-state index contributed by atoms with van der Waals surface area (Å²) in [7, 11) is 1.73. The summed E-state index contributed by atoms with van der Waals surface area (Å²) >= 11 is 0. The molecule has 0 radical (unpaired) electrons. The Bertz CT molecular complexity index is 319. The maximum Gasteiger partial charge on any atom is 0.124 e. The fourth-order valence-corrected chi connectivity index (χ4v) is 2.08. The lowest BCUT2D eigenvalue weighted by Gasteiger charge is -2.29. The van der Waals surface area contributed by atoms with Crippen LogP contribution in [0.3, 0.4) is 0 Å². The molecule has 0 unspecified atom stereocenters. The highest BCUT2D eigenvalue weighted by atomic mass is 16.5. The van der Waals surface area contributed by atoms with Gasteiger partial charge in [0, 0.05) is 6.04 Å². The van der Waals surface area contributed by atoms with E-state index in [0.717, 1.165) is 12.3 Å². The average Bonchev–Trinajstić information content (AvgIpc) is 2.00. The van der Waals surface area contributed by atoms with Crippen molar-refractivity contribution in [1.29, 1.82) is 0 Å². The van der Waals surface area contributed by atoms with Crippen LogP contribution in [0.5, 0.6) is 5.75 Å². The van der Waals surface area contributed by atoms with Crippen LogP contribution in [-0.2, 0) is 0 Å². The number of rotatable bonds is 2. The van der Waals surface area contributed by atoms with Crippen molar-refractivity contribution in [1.82, 2.24) is 5.32 Å². The Labute approximate surface area is 85.3 Å². The maximum absolute atomic E-state index is 5.34. The predicted octanol–water partition coefficient (Wildman–Crippen LogP) is 2.35. The number of hydrogen-bond acceptors (Lipinski definition) is 2. The van der Waals surface area contributed by atoms with Crippen LogP contribution in [0.25, 0.3) is 0 Å². The van der Waals surface area contributed by atoms with Crippen LogP contribution in [0, 0.1) is 13.8 Å². The number of ether oxygens (including phenoxy) is 1. The van der Waals surface area contributed by atoms with Crippen molar-refractivity contribution in [3.8, 4) is 5.75 Å². The molecule has 1 heterocycles. The van der Waals surface area contributed by atoms with Gasteiger partial charge in [0.2, 0.25) is 0 Å². The summed E-state index contributed by atoms with van der Waals surface area (Å²) in [5, 5.41) is 3.41. The monoisotopic (exact) mass is 191 g/mol. The summed E-state index contributed by atoms with van der Waals surface area (Å²) in [5.74, 6) is 1.02. The Morgan fingerprint density at radius 1 is 1.29 bits per heavy atom. The largest absolute Gasteiger partial charge is 0.496 e. The van der Waals surface area contributed by atoms with Crippen molar-refractivity contribution >= 4 is 0 Å². The number of benzene rings is 1. The Morgan fingerprint density at radius 2 is 1.86 bits per heavy atom. The molecule has 2 heteroatoms. The molecule has 1 aromatic rings. The Kier molecular flexibility index (Phi) is 2.46. The van der Waals surface area contributed by atoms with E-state index in [1.165, 1.54) is 23.1 Å². The molecule has 1 aromatic carbocycles. The topological polar surface area (TPSA) is 21.3 Å². The van der Waals surface area contributed by atoms with E-state index >= 15 is 0 Å². The SMILES string of the molecule is COc1c(C)cc([C@H]2CCN2)cc1C. The molecule has 1 N–H and O–H groups in total. The quantitative estimate of drug-likeness (QED) is 0.774. The van der Waals surface area contributed by atoms with Crippen LogP contribution in [0.4, 0.5) is 0 Å². The van der Waals surface area contributed by atoms with Crippen LogP contribution < -0.4 is 10.1 Å². The average molecular weight is 191 g/mol. The molecule has 0 spiro atoms. The number of nitrogens with one attached hydrogen (secondary N) is 1. The minimum absolute atomic E-state index is 0.568. The van der Waals surface area contributed by atoms with Crippen molar-refractivity contribution in [3.05, 3.63) is 28.8 Å². The van der Waals surface area contributed by atoms with Gasteiger partial charge in [-0.1, -0.05) is 12.1 Å². The second kappa shape index (κ2) is 3.62. The minimum atomic E-state index is 0.568. The van der Waals surface area contributed by atoms with Gasteiger partial charge in [0.1, 0.15) is 5.75 Å². The summed E-state index contributed by atoms with van der Waals surface area (Å²) < 4.78 is 5.34. The molecular weight excluding hydrogens is 174 g/mol. The van der Waals surface area contributed by atoms with E-state index in [1.807, 2.05) is 0 Å². The summed E-state index contributed by atoms with van der Waals surface area (Å²) in [6.07, 6.45) is 1.26. The van der Waals surface area contributed by atoms with Crippen LogP contribution in [-0.4, -0.2) is 13.7 Å². The molecule has 0 aliphatic carbocycles. The van der Waals surface area contributed by atoms with Crippen LogP contribution in [0.2, 0.25) is 0 Å². The summed E-state index contributed by atoms with van der Waals surface area (Å²) in [5.41, 5.74) is 3.86. The third kappa shape index (κ3) is 1.50. The second-order valence-electron chi connectivity index (χ2n) is 3.98. The molecule has 0 aromatic heterocycles. The Hall–Kier alpha value is -1.02. The van der Waals surface area contributed by atoms with Gasteiger partial charge in [-0.15, -0.1) is 0 Å². The molecule has 2 nitrogen and oxygen atoms in total. The standard InChI is InChI=1S/C12H17NO/c1-8-6-10(11-4-5-13-11)7-9(2)12(8)14-3/h6-7,11,13H,4-5H2,1-3H3/t11-/m1/s1. The molecule has 1 fully saturated rings. The fraction of sp³-hybridized carbons (Fsp3) is 0.500. The zero-order valence-electron chi connectivity index (χ0n) is 9.05. The van der Waals surface area contributed by atoms with Crippen molar-refractivity contribution in [2.45, 2.75) is 26.3 Å². The molecule has 1 atom stereocenters. The summed E-state index contributed by atoms with van der Waals surface area (Å²) in [6.45, 7) is 5.36. The van der Waals surface area contributed by atoms with E-state index in [2.05, 4.69) is 31.3 Å². The van der Waals surface area contributed by atoms with Crippen molar-refractivity contribution in [2.75, 3.05) is 13.7 Å². The van der Waals surface area contributed by atoms with Gasteiger partial charge in [-0.3, -0.25) is 0 Å². The van der Waals surface area contributed by atoms with Crippen LogP contribution >= 0.6 is 0 Å². The lowest BCUT2D eigenvalue weighted by Crippen LogP contribution is -2.35. The van der Waals surface area contributed by atoms with Gasteiger partial charge < -0.3 is 10.1 Å². The summed E-state index contributed by atoms with van der Waals surface area (Å²) in [4.78, 5) is 0. The van der Waals surface area contributed by atoms with Gasteiger partial charge in [0.05, 0.1) is 7.11 Å². The van der Waals surface area contributed by atoms with Gasteiger partial charge in [0.25, 0.3) is 0 Å². The molecule has 76 valence electrons. The van der Waals surface area contributed by atoms with E-state index in [-0.39, 0.29) is 0 Å². The molecule has 0 amide bonds. The molecule has 0 saturated carbocycles.